The van der Waals surface area contributed by atoms with E-state index in [4.69, 9.17) is 5.11 Å². The van der Waals surface area contributed by atoms with Gasteiger partial charge in [0.2, 0.25) is 0 Å². The number of hydrogen-bond acceptors (Lipinski definition) is 7. The average molecular weight is 482 g/mol. The van der Waals surface area contributed by atoms with Gasteiger partial charge in [-0.25, -0.2) is 27.9 Å². The van der Waals surface area contributed by atoms with Gasteiger partial charge in [-0.15, -0.1) is 0 Å². The molecule has 176 valence electrons. The van der Waals surface area contributed by atoms with Crippen molar-refractivity contribution in [1.29, 1.82) is 0 Å². The van der Waals surface area contributed by atoms with Gasteiger partial charge in [0.15, 0.2) is 28.4 Å². The molecular formula is C21H22F3N5O3S. The molecule has 2 atom stereocenters. The maximum atomic E-state index is 14.7. The van der Waals surface area contributed by atoms with E-state index < -0.39 is 36.2 Å². The van der Waals surface area contributed by atoms with Crippen LogP contribution in [0.3, 0.4) is 0 Å². The molecule has 0 unspecified atom stereocenters. The molecule has 1 aromatic carbocycles. The van der Waals surface area contributed by atoms with E-state index in [1.807, 2.05) is 6.92 Å². The van der Waals surface area contributed by atoms with Gasteiger partial charge in [0.1, 0.15) is 0 Å². The second-order valence-electron chi connectivity index (χ2n) is 7.86. The summed E-state index contributed by atoms with van der Waals surface area (Å²) in [5, 5.41) is 21.3. The van der Waals surface area contributed by atoms with Gasteiger partial charge < -0.3 is 20.0 Å². The number of anilines is 2. The first-order valence-corrected chi connectivity index (χ1v) is 11.1. The minimum absolute atomic E-state index is 0.0925. The standard InChI is InChI=1S/C21H22F3N5O3S/c1-11-9-28(21(32)27-20-26-17-6-14(22)15(23)7-18(17)33-20)2-3-29(11)19-16(24)5-12(8-25-19)4-13(31)10-30/h5-8,11,13,30-31H,2-4,9-10H2,1H3,(H,26,27,32)/t11-,13-/m0/s1. The number of aliphatic hydroxyl groups excluding tert-OH is 2. The van der Waals surface area contributed by atoms with Crippen LogP contribution in [0.5, 0.6) is 0 Å². The van der Waals surface area contributed by atoms with Gasteiger partial charge in [0.25, 0.3) is 0 Å². The third-order valence-electron chi connectivity index (χ3n) is 5.39. The Kier molecular flexibility index (Phi) is 6.68. The summed E-state index contributed by atoms with van der Waals surface area (Å²) in [6, 6.07) is 2.65. The van der Waals surface area contributed by atoms with Crippen LogP contribution < -0.4 is 10.2 Å². The zero-order valence-electron chi connectivity index (χ0n) is 17.6. The van der Waals surface area contributed by atoms with E-state index in [1.165, 1.54) is 12.3 Å². The molecule has 4 rings (SSSR count). The van der Waals surface area contributed by atoms with Crippen molar-refractivity contribution < 1.29 is 28.2 Å². The van der Waals surface area contributed by atoms with Gasteiger partial charge >= 0.3 is 6.03 Å². The van der Waals surface area contributed by atoms with Crippen LogP contribution in [-0.2, 0) is 6.42 Å². The van der Waals surface area contributed by atoms with Crippen molar-refractivity contribution in [2.24, 2.45) is 0 Å². The topological polar surface area (TPSA) is 102 Å². The molecule has 1 aliphatic rings. The Morgan fingerprint density at radius 3 is 2.70 bits per heavy atom. The van der Waals surface area contributed by atoms with Gasteiger partial charge in [-0.1, -0.05) is 11.3 Å². The summed E-state index contributed by atoms with van der Waals surface area (Å²) in [6.07, 6.45) is 0.573. The monoisotopic (exact) mass is 481 g/mol. The molecule has 33 heavy (non-hydrogen) atoms. The van der Waals surface area contributed by atoms with Gasteiger partial charge in [-0.3, -0.25) is 5.32 Å². The van der Waals surface area contributed by atoms with Crippen LogP contribution in [0.1, 0.15) is 12.5 Å². The molecule has 0 aliphatic carbocycles. The normalized spacial score (nSPS) is 17.5. The van der Waals surface area contributed by atoms with E-state index in [0.29, 0.717) is 29.9 Å². The molecule has 3 aromatic rings. The fourth-order valence-corrected chi connectivity index (χ4v) is 4.60. The predicted octanol–water partition coefficient (Wildman–Crippen LogP) is 2.75. The van der Waals surface area contributed by atoms with Crippen molar-refractivity contribution in [2.45, 2.75) is 25.5 Å². The van der Waals surface area contributed by atoms with Gasteiger partial charge in [-0.2, -0.15) is 0 Å². The van der Waals surface area contributed by atoms with E-state index in [-0.39, 0.29) is 28.9 Å². The number of aliphatic hydroxyl groups is 2. The molecule has 3 N–H and O–H groups in total. The number of fused-ring (bicyclic) bond motifs is 1. The zero-order chi connectivity index (χ0) is 23.7. The van der Waals surface area contributed by atoms with Crippen LogP contribution in [0.15, 0.2) is 24.4 Å². The summed E-state index contributed by atoms with van der Waals surface area (Å²) >= 11 is 1.04. The minimum atomic E-state index is -1.01. The number of thiazole rings is 1. The average Bonchev–Trinajstić information content (AvgIpc) is 3.15. The number of benzene rings is 1. The minimum Gasteiger partial charge on any atom is -0.394 e. The summed E-state index contributed by atoms with van der Waals surface area (Å²) in [4.78, 5) is 24.3. The van der Waals surface area contributed by atoms with E-state index in [9.17, 15) is 23.1 Å². The SMILES string of the molecule is C[C@H]1CN(C(=O)Nc2nc3cc(F)c(F)cc3s2)CCN1c1ncc(C[C@H](O)CO)cc1F. The number of urea groups is 1. The van der Waals surface area contributed by atoms with E-state index in [2.05, 4.69) is 15.3 Å². The van der Waals surface area contributed by atoms with Crippen molar-refractivity contribution in [3.05, 3.63) is 47.4 Å². The number of carbonyl (C=O) groups excluding carboxylic acids is 1. The lowest BCUT2D eigenvalue weighted by atomic mass is 10.1. The van der Waals surface area contributed by atoms with Crippen molar-refractivity contribution in [3.63, 3.8) is 0 Å². The van der Waals surface area contributed by atoms with Gasteiger partial charge in [0.05, 0.1) is 22.9 Å². The summed E-state index contributed by atoms with van der Waals surface area (Å²) in [6.45, 7) is 2.36. The van der Waals surface area contributed by atoms with Gasteiger partial charge in [-0.05, 0) is 24.6 Å². The summed E-state index contributed by atoms with van der Waals surface area (Å²) in [5.74, 6) is -2.38. The lowest BCUT2D eigenvalue weighted by Crippen LogP contribution is -2.55. The third kappa shape index (κ3) is 5.02. The Morgan fingerprint density at radius 1 is 1.24 bits per heavy atom. The molecule has 3 heterocycles. The molecule has 1 fully saturated rings. The maximum absolute atomic E-state index is 14.7. The van der Waals surface area contributed by atoms with E-state index in [0.717, 1.165) is 23.5 Å². The number of carbonyl (C=O) groups is 1. The van der Waals surface area contributed by atoms with E-state index >= 15 is 0 Å². The molecular weight excluding hydrogens is 459 g/mol. The van der Waals surface area contributed by atoms with Crippen LogP contribution in [0.2, 0.25) is 0 Å². The predicted molar refractivity (Wildman–Crippen MR) is 118 cm³/mol. The quantitative estimate of drug-likeness (QED) is 0.518. The molecule has 0 saturated carbocycles. The molecule has 12 heteroatoms. The lowest BCUT2D eigenvalue weighted by Gasteiger charge is -2.40. The second kappa shape index (κ2) is 9.49. The maximum Gasteiger partial charge on any atom is 0.323 e. The Bertz CT molecular complexity index is 1140. The van der Waals surface area contributed by atoms with Crippen LogP contribution >= 0.6 is 11.3 Å². The fraction of sp³-hybridized carbons (Fsp3) is 0.381. The smallest absolute Gasteiger partial charge is 0.323 e. The summed E-state index contributed by atoms with van der Waals surface area (Å²) in [5.41, 5.74) is 0.725. The number of rotatable bonds is 5. The molecule has 2 aromatic heterocycles. The van der Waals surface area contributed by atoms with E-state index in [1.54, 1.807) is 9.80 Å². The number of nitrogens with zero attached hydrogens (tertiary/aromatic N) is 4. The molecule has 8 nitrogen and oxygen atoms in total. The number of pyridine rings is 1. The van der Waals surface area contributed by atoms with Crippen molar-refractivity contribution in [2.75, 3.05) is 36.5 Å². The molecule has 1 aliphatic heterocycles. The Balaban J connectivity index is 1.40. The Hall–Kier alpha value is -2.96. The Labute approximate surface area is 191 Å². The molecule has 0 bridgehead atoms. The molecule has 2 amide bonds. The zero-order valence-corrected chi connectivity index (χ0v) is 18.4. The first-order valence-electron chi connectivity index (χ1n) is 10.3. The summed E-state index contributed by atoms with van der Waals surface area (Å²) in [7, 11) is 0. The lowest BCUT2D eigenvalue weighted by molar-refractivity contribution is 0.0954. The van der Waals surface area contributed by atoms with Crippen LogP contribution in [0.25, 0.3) is 10.2 Å². The van der Waals surface area contributed by atoms with Crippen molar-refractivity contribution in [1.82, 2.24) is 14.9 Å². The van der Waals surface area contributed by atoms with Crippen molar-refractivity contribution in [3.8, 4) is 0 Å². The number of piperazine rings is 1. The highest BCUT2D eigenvalue weighted by Gasteiger charge is 2.29. The van der Waals surface area contributed by atoms with Crippen LogP contribution in [-0.4, -0.2) is 69.5 Å². The first-order chi connectivity index (χ1) is 15.7. The van der Waals surface area contributed by atoms with Crippen LogP contribution in [0, 0.1) is 17.5 Å². The second-order valence-corrected chi connectivity index (χ2v) is 8.89. The number of nitrogens with one attached hydrogen (secondary N) is 1. The molecule has 1 saturated heterocycles. The number of aromatic nitrogens is 2. The molecule has 0 radical (unpaired) electrons. The molecule has 0 spiro atoms. The van der Waals surface area contributed by atoms with Gasteiger partial charge in [0, 0.05) is 44.4 Å². The highest BCUT2D eigenvalue weighted by atomic mass is 32.1. The number of amides is 2. The summed E-state index contributed by atoms with van der Waals surface area (Å²) < 4.78 is 41.9. The highest BCUT2D eigenvalue weighted by Crippen LogP contribution is 2.28. The third-order valence-corrected chi connectivity index (χ3v) is 6.33. The highest BCUT2D eigenvalue weighted by molar-refractivity contribution is 7.22. The first kappa shape index (κ1) is 23.2. The van der Waals surface area contributed by atoms with Crippen LogP contribution in [0.4, 0.5) is 28.9 Å². The fourth-order valence-electron chi connectivity index (χ4n) is 3.73. The van der Waals surface area contributed by atoms with Crippen molar-refractivity contribution >= 4 is 38.5 Å². The largest absolute Gasteiger partial charge is 0.394 e. The number of hydrogen-bond donors (Lipinski definition) is 3. The number of halogens is 3. The Morgan fingerprint density at radius 2 is 2.00 bits per heavy atom.